The van der Waals surface area contributed by atoms with Gasteiger partial charge in [-0.2, -0.15) is 0 Å². The van der Waals surface area contributed by atoms with Gasteiger partial charge in [0.2, 0.25) is 6.71 Å². The van der Waals surface area contributed by atoms with Crippen LogP contribution in [0.4, 0.5) is 0 Å². The number of thiazole rings is 1. The minimum atomic E-state index is 0.299. The molecule has 30 heavy (non-hydrogen) atoms. The molecule has 2 heterocycles. The molecule has 0 saturated heterocycles. The number of fused-ring (bicyclic) bond motifs is 3. The summed E-state index contributed by atoms with van der Waals surface area (Å²) in [6.45, 7) is 0.299. The summed E-state index contributed by atoms with van der Waals surface area (Å²) in [7, 11) is 0. The zero-order valence-corrected chi connectivity index (χ0v) is 17.1. The van der Waals surface area contributed by atoms with E-state index in [9.17, 15) is 0 Å². The van der Waals surface area contributed by atoms with Crippen LogP contribution in [0, 0.1) is 0 Å². The van der Waals surface area contributed by atoms with Gasteiger partial charge in [-0.05, 0) is 28.3 Å². The van der Waals surface area contributed by atoms with Crippen LogP contribution < -0.4 is 16.4 Å². The van der Waals surface area contributed by atoms with Crippen molar-refractivity contribution < 1.29 is 0 Å². The van der Waals surface area contributed by atoms with E-state index >= 15 is 0 Å². The fourth-order valence-electron chi connectivity index (χ4n) is 4.58. The lowest BCUT2D eigenvalue weighted by molar-refractivity contribution is 1.41. The maximum absolute atomic E-state index is 4.45. The molecular weight excluding hydrogens is 381 g/mol. The Labute approximate surface area is 180 Å². The van der Waals surface area contributed by atoms with Crippen LogP contribution in [-0.2, 0) is 0 Å². The van der Waals surface area contributed by atoms with E-state index in [2.05, 4.69) is 102 Å². The van der Waals surface area contributed by atoms with E-state index in [0.29, 0.717) is 6.71 Å². The summed E-state index contributed by atoms with van der Waals surface area (Å²) in [5, 5.41) is 3.08. The van der Waals surface area contributed by atoms with Gasteiger partial charge in [0.05, 0.1) is 0 Å². The molecule has 0 amide bonds. The third-order valence-electron chi connectivity index (χ3n) is 5.95. The monoisotopic (exact) mass is 399 g/mol. The molecular formula is C27H18BNS. The minimum Gasteiger partial charge on any atom is -0.245 e. The number of nitrogens with zero attached hydrogens (tertiary/aromatic N) is 1. The van der Waals surface area contributed by atoms with Gasteiger partial charge in [0.15, 0.2) is 0 Å². The van der Waals surface area contributed by atoms with Gasteiger partial charge in [-0.3, -0.25) is 0 Å². The summed E-state index contributed by atoms with van der Waals surface area (Å²) in [4.78, 5) is 4.45. The van der Waals surface area contributed by atoms with Crippen molar-refractivity contribution in [2.45, 2.75) is 0 Å². The molecule has 4 aromatic carbocycles. The van der Waals surface area contributed by atoms with Crippen LogP contribution in [0.1, 0.15) is 0 Å². The fraction of sp³-hybridized carbons (Fsp3) is 0. The number of benzene rings is 4. The summed E-state index contributed by atoms with van der Waals surface area (Å²) in [5.41, 5.74) is 10.5. The third-order valence-corrected chi connectivity index (χ3v) is 6.78. The average Bonchev–Trinajstić information content (AvgIpc) is 3.46. The summed E-state index contributed by atoms with van der Waals surface area (Å²) >= 11 is 1.68. The zero-order chi connectivity index (χ0) is 19.9. The Morgan fingerprint density at radius 2 is 1.27 bits per heavy atom. The van der Waals surface area contributed by atoms with Crippen molar-refractivity contribution in [3.05, 3.63) is 109 Å². The van der Waals surface area contributed by atoms with E-state index < -0.39 is 0 Å². The largest absolute Gasteiger partial charge is 0.245 e. The molecule has 0 N–H and O–H groups in total. The second-order valence-corrected chi connectivity index (χ2v) is 8.54. The summed E-state index contributed by atoms with van der Waals surface area (Å²) in [5.74, 6) is 0. The summed E-state index contributed by atoms with van der Waals surface area (Å²) < 4.78 is 0. The smallest absolute Gasteiger partial charge is 0.242 e. The van der Waals surface area contributed by atoms with Crippen LogP contribution >= 0.6 is 11.3 Å². The van der Waals surface area contributed by atoms with E-state index in [1.165, 1.54) is 44.2 Å². The SMILES string of the molecule is c1cc(-c2ccc(B3c4ccccc4-c4ccccc43)cc2)cc(-c2nccs2)c1. The first-order chi connectivity index (χ1) is 14.9. The molecule has 140 valence electrons. The first-order valence-corrected chi connectivity index (χ1v) is 11.0. The molecule has 0 radical (unpaired) electrons. The fourth-order valence-corrected chi connectivity index (χ4v) is 5.22. The Morgan fingerprint density at radius 1 is 0.600 bits per heavy atom. The highest BCUT2D eigenvalue weighted by molar-refractivity contribution is 7.13. The molecule has 0 bridgehead atoms. The van der Waals surface area contributed by atoms with E-state index in [1.807, 2.05) is 11.6 Å². The Balaban J connectivity index is 1.39. The molecule has 0 saturated carbocycles. The number of hydrogen-bond donors (Lipinski definition) is 0. The lowest BCUT2D eigenvalue weighted by Crippen LogP contribution is -2.48. The molecule has 1 aromatic heterocycles. The molecule has 5 aromatic rings. The quantitative estimate of drug-likeness (QED) is 0.383. The van der Waals surface area contributed by atoms with Crippen molar-refractivity contribution in [3.8, 4) is 32.8 Å². The van der Waals surface area contributed by atoms with Gasteiger partial charge in [0.1, 0.15) is 5.01 Å². The highest BCUT2D eigenvalue weighted by Gasteiger charge is 2.32. The van der Waals surface area contributed by atoms with Crippen LogP contribution in [0.15, 0.2) is 109 Å². The molecule has 0 aliphatic carbocycles. The lowest BCUT2D eigenvalue weighted by Gasteiger charge is -2.12. The summed E-state index contributed by atoms with van der Waals surface area (Å²) in [6, 6.07) is 35.3. The van der Waals surface area contributed by atoms with Gasteiger partial charge in [-0.15, -0.1) is 11.3 Å². The molecule has 6 rings (SSSR count). The molecule has 1 aliphatic heterocycles. The van der Waals surface area contributed by atoms with Crippen LogP contribution in [0.25, 0.3) is 32.8 Å². The molecule has 0 spiro atoms. The Bertz CT molecular complexity index is 1290. The second-order valence-electron chi connectivity index (χ2n) is 7.65. The van der Waals surface area contributed by atoms with Crippen LogP contribution in [0.3, 0.4) is 0 Å². The van der Waals surface area contributed by atoms with Crippen molar-refractivity contribution in [2.24, 2.45) is 0 Å². The maximum Gasteiger partial charge on any atom is 0.242 e. The minimum absolute atomic E-state index is 0.299. The van der Waals surface area contributed by atoms with Gasteiger partial charge >= 0.3 is 0 Å². The predicted octanol–water partition coefficient (Wildman–Crippen LogP) is 4.97. The number of hydrogen-bond acceptors (Lipinski definition) is 2. The van der Waals surface area contributed by atoms with E-state index in [1.54, 1.807) is 11.3 Å². The van der Waals surface area contributed by atoms with Crippen molar-refractivity contribution in [1.82, 2.24) is 4.98 Å². The topological polar surface area (TPSA) is 12.9 Å². The molecule has 0 fully saturated rings. The van der Waals surface area contributed by atoms with E-state index in [-0.39, 0.29) is 0 Å². The molecule has 0 unspecified atom stereocenters. The second kappa shape index (κ2) is 7.12. The van der Waals surface area contributed by atoms with Crippen molar-refractivity contribution in [3.63, 3.8) is 0 Å². The first kappa shape index (κ1) is 17.4. The molecule has 0 atom stereocenters. The van der Waals surface area contributed by atoms with Gasteiger partial charge < -0.3 is 0 Å². The lowest BCUT2D eigenvalue weighted by atomic mass is 9.39. The Kier molecular flexibility index (Phi) is 4.14. The summed E-state index contributed by atoms with van der Waals surface area (Å²) in [6.07, 6.45) is 1.86. The van der Waals surface area contributed by atoms with Gasteiger partial charge in [0, 0.05) is 17.1 Å². The van der Waals surface area contributed by atoms with E-state index in [0.717, 1.165) is 5.01 Å². The average molecular weight is 399 g/mol. The zero-order valence-electron chi connectivity index (χ0n) is 16.3. The number of aromatic nitrogens is 1. The molecule has 1 nitrogen and oxygen atoms in total. The Morgan fingerprint density at radius 3 is 1.93 bits per heavy atom. The van der Waals surface area contributed by atoms with Crippen molar-refractivity contribution in [2.75, 3.05) is 0 Å². The first-order valence-electron chi connectivity index (χ1n) is 10.2. The Hall–Kier alpha value is -3.43. The predicted molar refractivity (Wildman–Crippen MR) is 130 cm³/mol. The van der Waals surface area contributed by atoms with Crippen LogP contribution in [0.2, 0.25) is 0 Å². The highest BCUT2D eigenvalue weighted by atomic mass is 32.1. The standard InChI is InChI=1S/C27H18BNS/c1-3-10-25-23(8-1)24-9-2-4-11-26(24)28(25)22-14-12-19(13-15-22)20-6-5-7-21(18-20)27-29-16-17-30-27/h1-18H. The van der Waals surface area contributed by atoms with E-state index in [4.69, 9.17) is 0 Å². The third kappa shape index (κ3) is 2.82. The molecule has 3 heteroatoms. The van der Waals surface area contributed by atoms with Gasteiger partial charge in [-0.25, -0.2) is 4.98 Å². The van der Waals surface area contributed by atoms with Gasteiger partial charge in [-0.1, -0.05) is 107 Å². The van der Waals surface area contributed by atoms with Gasteiger partial charge in [0.25, 0.3) is 0 Å². The van der Waals surface area contributed by atoms with Crippen molar-refractivity contribution in [1.29, 1.82) is 0 Å². The highest BCUT2D eigenvalue weighted by Crippen LogP contribution is 2.28. The van der Waals surface area contributed by atoms with Crippen LogP contribution in [0.5, 0.6) is 0 Å². The normalized spacial score (nSPS) is 11.9. The molecule has 1 aliphatic rings. The van der Waals surface area contributed by atoms with Crippen LogP contribution in [-0.4, -0.2) is 11.7 Å². The maximum atomic E-state index is 4.45. The van der Waals surface area contributed by atoms with Crippen molar-refractivity contribution >= 4 is 34.4 Å². The number of rotatable bonds is 3.